The number of rotatable bonds is 8. The van der Waals surface area contributed by atoms with Crippen molar-refractivity contribution in [1.82, 2.24) is 14.5 Å². The number of pyridine rings is 2. The standard InChI is InChI=1S/C28H24N4O4S2/c1-17-7-9-19(10-8-17)13-23-26(35)31(28(37)38-23)12-4-6-22(33)24-18(2)21(14-29)25(34)32(27(24)36)16-20-5-3-11-30-15-20/h3,5,7-11,13,15,36H,4,6,12,16H2,1-2H3/b23-13-. The Kier molecular flexibility index (Phi) is 8.20. The first-order valence-electron chi connectivity index (χ1n) is 11.8. The fourth-order valence-corrected chi connectivity index (χ4v) is 5.44. The van der Waals surface area contributed by atoms with Crippen molar-refractivity contribution in [3.05, 3.63) is 97.4 Å². The Morgan fingerprint density at radius 2 is 1.95 bits per heavy atom. The van der Waals surface area contributed by atoms with Crippen molar-refractivity contribution >= 4 is 46.1 Å². The fourth-order valence-electron chi connectivity index (χ4n) is 4.14. The van der Waals surface area contributed by atoms with E-state index in [1.165, 1.54) is 29.8 Å². The molecule has 192 valence electrons. The summed E-state index contributed by atoms with van der Waals surface area (Å²) < 4.78 is 1.42. The fraction of sp³-hybridized carbons (Fsp3) is 0.214. The third-order valence-electron chi connectivity index (χ3n) is 6.18. The van der Waals surface area contributed by atoms with Crippen molar-refractivity contribution in [1.29, 1.82) is 5.26 Å². The van der Waals surface area contributed by atoms with Crippen LogP contribution in [0.1, 0.15) is 51.0 Å². The zero-order valence-corrected chi connectivity index (χ0v) is 22.4. The van der Waals surface area contributed by atoms with Gasteiger partial charge in [0.1, 0.15) is 16.0 Å². The van der Waals surface area contributed by atoms with Gasteiger partial charge in [0.25, 0.3) is 11.5 Å². The number of nitrogens with zero attached hydrogens (tertiary/aromatic N) is 4. The smallest absolute Gasteiger partial charge is 0.271 e. The lowest BCUT2D eigenvalue weighted by atomic mass is 9.99. The van der Waals surface area contributed by atoms with Crippen molar-refractivity contribution < 1.29 is 14.7 Å². The van der Waals surface area contributed by atoms with E-state index < -0.39 is 17.2 Å². The molecule has 4 rings (SSSR count). The van der Waals surface area contributed by atoms with Crippen LogP contribution >= 0.6 is 24.0 Å². The number of ketones is 1. The first kappa shape index (κ1) is 27.0. The highest BCUT2D eigenvalue weighted by molar-refractivity contribution is 8.26. The quantitative estimate of drug-likeness (QED) is 0.253. The highest BCUT2D eigenvalue weighted by Crippen LogP contribution is 2.33. The molecule has 2 aromatic heterocycles. The largest absolute Gasteiger partial charge is 0.494 e. The molecule has 1 amide bonds. The maximum absolute atomic E-state index is 13.2. The summed E-state index contributed by atoms with van der Waals surface area (Å²) in [5, 5.41) is 20.5. The van der Waals surface area contributed by atoms with E-state index in [1.807, 2.05) is 37.3 Å². The molecule has 0 spiro atoms. The lowest BCUT2D eigenvalue weighted by molar-refractivity contribution is -0.122. The number of aromatic nitrogens is 2. The van der Waals surface area contributed by atoms with E-state index in [0.717, 1.165) is 15.7 Å². The molecule has 0 unspecified atom stereocenters. The second-order valence-electron chi connectivity index (χ2n) is 8.83. The van der Waals surface area contributed by atoms with Gasteiger partial charge in [0, 0.05) is 25.4 Å². The van der Waals surface area contributed by atoms with Gasteiger partial charge in [-0.3, -0.25) is 28.8 Å². The monoisotopic (exact) mass is 544 g/mol. The average molecular weight is 545 g/mol. The van der Waals surface area contributed by atoms with Gasteiger partial charge in [-0.05, 0) is 49.1 Å². The van der Waals surface area contributed by atoms with Gasteiger partial charge in [0.2, 0.25) is 5.88 Å². The predicted octanol–water partition coefficient (Wildman–Crippen LogP) is 4.35. The van der Waals surface area contributed by atoms with Crippen molar-refractivity contribution in [3.63, 3.8) is 0 Å². The first-order chi connectivity index (χ1) is 18.2. The zero-order chi connectivity index (χ0) is 27.4. The Morgan fingerprint density at radius 1 is 1.21 bits per heavy atom. The van der Waals surface area contributed by atoms with Crippen LogP contribution in [0.4, 0.5) is 0 Å². The van der Waals surface area contributed by atoms with Crippen molar-refractivity contribution in [2.24, 2.45) is 0 Å². The Morgan fingerprint density at radius 3 is 2.61 bits per heavy atom. The molecular formula is C28H24N4O4S2. The van der Waals surface area contributed by atoms with E-state index in [0.29, 0.717) is 14.8 Å². The molecule has 1 N–H and O–H groups in total. The van der Waals surface area contributed by atoms with Crippen molar-refractivity contribution in [2.75, 3.05) is 6.54 Å². The minimum atomic E-state index is -0.680. The molecule has 38 heavy (non-hydrogen) atoms. The van der Waals surface area contributed by atoms with E-state index in [-0.39, 0.29) is 48.5 Å². The van der Waals surface area contributed by atoms with Crippen LogP contribution in [0.15, 0.2) is 58.5 Å². The second kappa shape index (κ2) is 11.5. The summed E-state index contributed by atoms with van der Waals surface area (Å²) in [5.41, 5.74) is 1.82. The number of thiocarbonyl (C=S) groups is 1. The number of aromatic hydroxyl groups is 1. The molecule has 10 heteroatoms. The number of hydrogen-bond acceptors (Lipinski definition) is 8. The number of benzene rings is 1. The normalized spacial score (nSPS) is 14.2. The summed E-state index contributed by atoms with van der Waals surface area (Å²) in [7, 11) is 0. The molecule has 0 bridgehead atoms. The van der Waals surface area contributed by atoms with Gasteiger partial charge >= 0.3 is 0 Å². The Hall–Kier alpha value is -4.07. The van der Waals surface area contributed by atoms with E-state index >= 15 is 0 Å². The number of thioether (sulfide) groups is 1. The van der Waals surface area contributed by atoms with Gasteiger partial charge in [-0.2, -0.15) is 5.26 Å². The molecule has 0 atom stereocenters. The van der Waals surface area contributed by atoms with Crippen molar-refractivity contribution in [2.45, 2.75) is 33.2 Å². The number of Topliss-reactive ketones (excluding diaryl/α,β-unsaturated/α-hetero) is 1. The van der Waals surface area contributed by atoms with E-state index in [9.17, 15) is 24.8 Å². The number of nitriles is 1. The summed E-state index contributed by atoms with van der Waals surface area (Å²) in [6.45, 7) is 3.64. The van der Waals surface area contributed by atoms with Crippen LogP contribution in [0.3, 0.4) is 0 Å². The van der Waals surface area contributed by atoms with Gasteiger partial charge in [-0.1, -0.05) is 59.9 Å². The summed E-state index contributed by atoms with van der Waals surface area (Å²) >= 11 is 6.61. The summed E-state index contributed by atoms with van der Waals surface area (Å²) in [6, 6.07) is 13.1. The molecule has 0 saturated carbocycles. The van der Waals surface area contributed by atoms with Gasteiger partial charge in [0.15, 0.2) is 5.78 Å². The molecular weight excluding hydrogens is 520 g/mol. The summed E-state index contributed by atoms with van der Waals surface area (Å²) in [5.74, 6) is -1.15. The van der Waals surface area contributed by atoms with Crippen LogP contribution in [0, 0.1) is 25.2 Å². The Balaban J connectivity index is 1.50. The highest BCUT2D eigenvalue weighted by atomic mass is 32.2. The molecule has 1 fully saturated rings. The molecule has 3 aromatic rings. The topological polar surface area (TPSA) is 116 Å². The van der Waals surface area contributed by atoms with Crippen LogP contribution in [-0.2, 0) is 11.3 Å². The van der Waals surface area contributed by atoms with Gasteiger partial charge < -0.3 is 5.11 Å². The van der Waals surface area contributed by atoms with Crippen molar-refractivity contribution in [3.8, 4) is 11.9 Å². The number of amides is 1. The number of aryl methyl sites for hydroxylation is 1. The molecule has 3 heterocycles. The molecule has 8 nitrogen and oxygen atoms in total. The lowest BCUT2D eigenvalue weighted by Gasteiger charge is -2.17. The van der Waals surface area contributed by atoms with Gasteiger partial charge in [0.05, 0.1) is 17.0 Å². The maximum Gasteiger partial charge on any atom is 0.271 e. The number of carbonyl (C=O) groups is 2. The molecule has 1 aromatic carbocycles. The average Bonchev–Trinajstić information content (AvgIpc) is 3.16. The van der Waals surface area contributed by atoms with Crippen LogP contribution in [0.25, 0.3) is 6.08 Å². The summed E-state index contributed by atoms with van der Waals surface area (Å²) in [6.07, 6.45) is 5.17. The Labute approximate surface area is 229 Å². The van der Waals surface area contributed by atoms with Gasteiger partial charge in [-0.25, -0.2) is 0 Å². The lowest BCUT2D eigenvalue weighted by Crippen LogP contribution is -2.30. The molecule has 1 saturated heterocycles. The van der Waals surface area contributed by atoms with Crippen LogP contribution in [0.2, 0.25) is 0 Å². The predicted molar refractivity (Wildman–Crippen MR) is 150 cm³/mol. The number of hydrogen-bond donors (Lipinski definition) is 1. The van der Waals surface area contributed by atoms with Crippen LogP contribution < -0.4 is 5.56 Å². The zero-order valence-electron chi connectivity index (χ0n) is 20.8. The minimum absolute atomic E-state index is 0.0154. The van der Waals surface area contributed by atoms with E-state index in [4.69, 9.17) is 12.2 Å². The van der Waals surface area contributed by atoms with E-state index in [2.05, 4.69) is 4.98 Å². The minimum Gasteiger partial charge on any atom is -0.494 e. The first-order valence-corrected chi connectivity index (χ1v) is 13.0. The number of carbonyl (C=O) groups excluding carboxylic acids is 2. The SMILES string of the molecule is Cc1ccc(/C=C2\SC(=S)N(CCCC(=O)c3c(C)c(C#N)c(=O)n(Cc4cccnc4)c3O)C2=O)cc1. The third-order valence-corrected chi connectivity index (χ3v) is 7.55. The molecule has 1 aliphatic heterocycles. The maximum atomic E-state index is 13.2. The molecule has 0 radical (unpaired) electrons. The van der Waals surface area contributed by atoms with Crippen LogP contribution in [0.5, 0.6) is 5.88 Å². The Bertz CT molecular complexity index is 1550. The summed E-state index contributed by atoms with van der Waals surface area (Å²) in [4.78, 5) is 44.9. The molecule has 0 aliphatic carbocycles. The van der Waals surface area contributed by atoms with Crippen LogP contribution in [-0.4, -0.2) is 42.1 Å². The molecule has 1 aliphatic rings. The van der Waals surface area contributed by atoms with Gasteiger partial charge in [-0.15, -0.1) is 0 Å². The third kappa shape index (κ3) is 5.59. The van der Waals surface area contributed by atoms with E-state index in [1.54, 1.807) is 24.4 Å². The highest BCUT2D eigenvalue weighted by Gasteiger charge is 2.32. The second-order valence-corrected chi connectivity index (χ2v) is 10.5.